The number of nitrogens with one attached hydrogen (secondary N) is 2. The van der Waals surface area contributed by atoms with E-state index in [-0.39, 0.29) is 30.7 Å². The molecule has 0 atom stereocenters. The third-order valence-corrected chi connectivity index (χ3v) is 4.43. The molecule has 0 aliphatic heterocycles. The number of amides is 3. The van der Waals surface area contributed by atoms with Crippen LogP contribution in [-0.2, 0) is 17.8 Å². The lowest BCUT2D eigenvalue weighted by molar-refractivity contribution is -0.120. The van der Waals surface area contributed by atoms with Crippen LogP contribution in [0.5, 0.6) is 0 Å². The average molecular weight is 381 g/mol. The van der Waals surface area contributed by atoms with Crippen LogP contribution in [0.4, 0.5) is 14.9 Å². The van der Waals surface area contributed by atoms with E-state index in [2.05, 4.69) is 17.2 Å². The van der Waals surface area contributed by atoms with Gasteiger partial charge in [-0.15, -0.1) is 6.58 Å². The summed E-state index contributed by atoms with van der Waals surface area (Å²) in [4.78, 5) is 26.3. The first-order chi connectivity index (χ1) is 13.5. The Morgan fingerprint density at radius 1 is 1.14 bits per heavy atom. The Kier molecular flexibility index (Phi) is 6.42. The third-order valence-electron chi connectivity index (χ3n) is 4.43. The van der Waals surface area contributed by atoms with E-state index in [4.69, 9.17) is 0 Å². The molecule has 146 valence electrons. The maximum atomic E-state index is 13.2. The van der Waals surface area contributed by atoms with Crippen LogP contribution in [0.3, 0.4) is 0 Å². The van der Waals surface area contributed by atoms with E-state index in [1.54, 1.807) is 23.1 Å². The lowest BCUT2D eigenvalue weighted by Crippen LogP contribution is -2.39. The molecule has 0 saturated heterocycles. The number of hydrogen-bond donors (Lipinski definition) is 2. The van der Waals surface area contributed by atoms with Crippen LogP contribution in [0.1, 0.15) is 24.0 Å². The number of rotatable bonds is 8. The molecule has 0 bridgehead atoms. The van der Waals surface area contributed by atoms with Crippen LogP contribution in [-0.4, -0.2) is 24.5 Å². The molecular weight excluding hydrogens is 357 g/mol. The summed E-state index contributed by atoms with van der Waals surface area (Å²) in [6, 6.07) is 13.4. The molecule has 0 aromatic heterocycles. The zero-order valence-electron chi connectivity index (χ0n) is 15.7. The zero-order valence-corrected chi connectivity index (χ0v) is 15.7. The van der Waals surface area contributed by atoms with Gasteiger partial charge in [-0.3, -0.25) is 9.69 Å². The second kappa shape index (κ2) is 9.17. The number of nitrogens with zero attached hydrogens (tertiary/aromatic N) is 1. The highest BCUT2D eigenvalue weighted by atomic mass is 19.1. The van der Waals surface area contributed by atoms with Gasteiger partial charge in [0.2, 0.25) is 5.91 Å². The van der Waals surface area contributed by atoms with Crippen LogP contribution in [0, 0.1) is 5.82 Å². The van der Waals surface area contributed by atoms with Crippen LogP contribution in [0.25, 0.3) is 0 Å². The molecule has 5 nitrogen and oxygen atoms in total. The molecule has 0 radical (unpaired) electrons. The van der Waals surface area contributed by atoms with Crippen molar-refractivity contribution in [1.29, 1.82) is 0 Å². The molecule has 0 unspecified atom stereocenters. The van der Waals surface area contributed by atoms with E-state index in [1.165, 1.54) is 12.1 Å². The summed E-state index contributed by atoms with van der Waals surface area (Å²) in [7, 11) is 0. The van der Waals surface area contributed by atoms with Crippen LogP contribution < -0.4 is 15.5 Å². The number of hydrogen-bond acceptors (Lipinski definition) is 2. The van der Waals surface area contributed by atoms with Crippen molar-refractivity contribution in [3.63, 3.8) is 0 Å². The van der Waals surface area contributed by atoms with Crippen molar-refractivity contribution >= 4 is 17.6 Å². The minimum absolute atomic E-state index is 0.0131. The second-order valence-electron chi connectivity index (χ2n) is 6.88. The highest BCUT2D eigenvalue weighted by Crippen LogP contribution is 2.21. The van der Waals surface area contributed by atoms with Crippen LogP contribution in [0.15, 0.2) is 61.2 Å². The standard InChI is InChI=1S/C22H24FN3O2/c1-2-12-24-22(28)26(15-16-6-8-18(23)9-7-16)20-5-3-4-17(13-20)14-21(27)25-19-10-11-19/h2-9,13,19H,1,10-12,14-15H2,(H,24,28)(H,25,27). The van der Waals surface area contributed by atoms with E-state index in [1.807, 2.05) is 24.3 Å². The Labute approximate surface area is 164 Å². The van der Waals surface area contributed by atoms with Crippen LogP contribution in [0.2, 0.25) is 0 Å². The van der Waals surface area contributed by atoms with E-state index in [0.717, 1.165) is 24.0 Å². The number of halogens is 1. The molecule has 3 rings (SSSR count). The zero-order chi connectivity index (χ0) is 19.9. The highest BCUT2D eigenvalue weighted by molar-refractivity contribution is 5.92. The molecule has 2 aromatic rings. The lowest BCUT2D eigenvalue weighted by atomic mass is 10.1. The number of anilines is 1. The number of carbonyl (C=O) groups is 2. The summed E-state index contributed by atoms with van der Waals surface area (Å²) in [6.07, 6.45) is 3.96. The van der Waals surface area contributed by atoms with Crippen molar-refractivity contribution < 1.29 is 14.0 Å². The molecule has 1 fully saturated rings. The maximum absolute atomic E-state index is 13.2. The van der Waals surface area contributed by atoms with Gasteiger partial charge in [0.05, 0.1) is 13.0 Å². The van der Waals surface area contributed by atoms with Crippen molar-refractivity contribution in [2.24, 2.45) is 0 Å². The fourth-order valence-electron chi connectivity index (χ4n) is 2.83. The number of benzene rings is 2. The van der Waals surface area contributed by atoms with Gasteiger partial charge in [0.1, 0.15) is 5.82 Å². The summed E-state index contributed by atoms with van der Waals surface area (Å²) >= 11 is 0. The highest BCUT2D eigenvalue weighted by Gasteiger charge is 2.23. The van der Waals surface area contributed by atoms with E-state index < -0.39 is 0 Å². The SMILES string of the molecule is C=CCNC(=O)N(Cc1ccc(F)cc1)c1cccc(CC(=O)NC2CC2)c1. The number of carbonyl (C=O) groups excluding carboxylic acids is 2. The Bertz CT molecular complexity index is 847. The largest absolute Gasteiger partial charge is 0.353 e. The van der Waals surface area contributed by atoms with Gasteiger partial charge in [-0.1, -0.05) is 30.3 Å². The van der Waals surface area contributed by atoms with Crippen molar-refractivity contribution in [2.75, 3.05) is 11.4 Å². The first-order valence-electron chi connectivity index (χ1n) is 9.34. The normalized spacial score (nSPS) is 12.9. The third kappa shape index (κ3) is 5.67. The average Bonchev–Trinajstić information content (AvgIpc) is 3.49. The summed E-state index contributed by atoms with van der Waals surface area (Å²) in [5, 5.41) is 5.74. The van der Waals surface area contributed by atoms with Gasteiger partial charge >= 0.3 is 6.03 Å². The second-order valence-corrected chi connectivity index (χ2v) is 6.88. The van der Waals surface area contributed by atoms with Gasteiger partial charge in [0, 0.05) is 18.3 Å². The molecule has 1 aliphatic rings. The molecular formula is C22H24FN3O2. The quantitative estimate of drug-likeness (QED) is 0.687. The van der Waals surface area contributed by atoms with Gasteiger partial charge in [-0.05, 0) is 48.2 Å². The Hall–Kier alpha value is -3.15. The monoisotopic (exact) mass is 381 g/mol. The molecule has 0 spiro atoms. The molecule has 2 N–H and O–H groups in total. The van der Waals surface area contributed by atoms with Gasteiger partial charge < -0.3 is 10.6 Å². The summed E-state index contributed by atoms with van der Waals surface area (Å²) in [6.45, 7) is 4.23. The van der Waals surface area contributed by atoms with E-state index in [9.17, 15) is 14.0 Å². The Morgan fingerprint density at radius 2 is 1.89 bits per heavy atom. The Morgan fingerprint density at radius 3 is 2.57 bits per heavy atom. The fraction of sp³-hybridized carbons (Fsp3) is 0.273. The maximum Gasteiger partial charge on any atom is 0.322 e. The minimum Gasteiger partial charge on any atom is -0.353 e. The molecule has 6 heteroatoms. The fourth-order valence-corrected chi connectivity index (χ4v) is 2.83. The van der Waals surface area contributed by atoms with Crippen molar-refractivity contribution in [2.45, 2.75) is 31.8 Å². The summed E-state index contributed by atoms with van der Waals surface area (Å²) in [5.41, 5.74) is 2.30. The Balaban J connectivity index is 1.78. The summed E-state index contributed by atoms with van der Waals surface area (Å²) < 4.78 is 13.2. The molecule has 2 aromatic carbocycles. The predicted octanol–water partition coefficient (Wildman–Crippen LogP) is 3.55. The first-order valence-corrected chi connectivity index (χ1v) is 9.34. The van der Waals surface area contributed by atoms with Crippen molar-refractivity contribution in [1.82, 2.24) is 10.6 Å². The molecule has 28 heavy (non-hydrogen) atoms. The van der Waals surface area contributed by atoms with E-state index >= 15 is 0 Å². The van der Waals surface area contributed by atoms with Crippen molar-refractivity contribution in [3.8, 4) is 0 Å². The van der Waals surface area contributed by atoms with Gasteiger partial charge in [0.15, 0.2) is 0 Å². The molecule has 1 aliphatic carbocycles. The predicted molar refractivity (Wildman–Crippen MR) is 107 cm³/mol. The lowest BCUT2D eigenvalue weighted by Gasteiger charge is -2.24. The van der Waals surface area contributed by atoms with Gasteiger partial charge in [-0.2, -0.15) is 0 Å². The van der Waals surface area contributed by atoms with E-state index in [0.29, 0.717) is 18.3 Å². The number of urea groups is 1. The van der Waals surface area contributed by atoms with Gasteiger partial charge in [-0.25, -0.2) is 9.18 Å². The smallest absolute Gasteiger partial charge is 0.322 e. The molecule has 0 heterocycles. The minimum atomic E-state index is -0.324. The topological polar surface area (TPSA) is 61.4 Å². The van der Waals surface area contributed by atoms with Crippen LogP contribution >= 0.6 is 0 Å². The first kappa shape index (κ1) is 19.6. The van der Waals surface area contributed by atoms with Crippen molar-refractivity contribution in [3.05, 3.63) is 78.1 Å². The van der Waals surface area contributed by atoms with Gasteiger partial charge in [0.25, 0.3) is 0 Å². The summed E-state index contributed by atoms with van der Waals surface area (Å²) in [5.74, 6) is -0.337. The molecule has 3 amide bonds. The molecule has 1 saturated carbocycles.